The van der Waals surface area contributed by atoms with Crippen LogP contribution < -0.4 is 5.56 Å². The van der Waals surface area contributed by atoms with Crippen molar-refractivity contribution in [3.8, 4) is 0 Å². The SMILES string of the molecule is O=C(c1cccc(Br)c1)N1CCC(O)(Cn2cnn3cccc3c2=O)CC1. The van der Waals surface area contributed by atoms with E-state index in [-0.39, 0.29) is 18.0 Å². The van der Waals surface area contributed by atoms with Crippen LogP contribution in [0, 0.1) is 0 Å². The number of nitrogens with zero attached hydrogens (tertiary/aromatic N) is 4. The highest BCUT2D eigenvalue weighted by atomic mass is 79.9. The summed E-state index contributed by atoms with van der Waals surface area (Å²) in [6.45, 7) is 1.05. The number of likely N-dealkylation sites (tertiary alicyclic amines) is 1. The van der Waals surface area contributed by atoms with Gasteiger partial charge in [0.05, 0.1) is 12.1 Å². The molecule has 2 aromatic heterocycles. The lowest BCUT2D eigenvalue weighted by Gasteiger charge is -2.38. The second-order valence-electron chi connectivity index (χ2n) is 6.93. The van der Waals surface area contributed by atoms with E-state index >= 15 is 0 Å². The average molecular weight is 431 g/mol. The van der Waals surface area contributed by atoms with Crippen LogP contribution in [0.15, 0.2) is 58.2 Å². The predicted molar refractivity (Wildman–Crippen MR) is 104 cm³/mol. The van der Waals surface area contributed by atoms with Crippen molar-refractivity contribution in [2.75, 3.05) is 13.1 Å². The Morgan fingerprint density at radius 3 is 2.74 bits per heavy atom. The normalized spacial score (nSPS) is 16.6. The number of carbonyl (C=O) groups is 1. The van der Waals surface area contributed by atoms with E-state index < -0.39 is 5.60 Å². The highest BCUT2D eigenvalue weighted by molar-refractivity contribution is 9.10. The summed E-state index contributed by atoms with van der Waals surface area (Å²) in [6, 6.07) is 10.7. The summed E-state index contributed by atoms with van der Waals surface area (Å²) in [5, 5.41) is 15.1. The van der Waals surface area contributed by atoms with Crippen molar-refractivity contribution in [3.05, 3.63) is 69.3 Å². The molecule has 1 amide bonds. The number of carbonyl (C=O) groups excluding carboxylic acids is 1. The van der Waals surface area contributed by atoms with Gasteiger partial charge in [-0.25, -0.2) is 4.52 Å². The number of halogens is 1. The van der Waals surface area contributed by atoms with Gasteiger partial charge >= 0.3 is 0 Å². The molecule has 1 N–H and O–H groups in total. The third-order valence-electron chi connectivity index (χ3n) is 5.04. The molecule has 3 heterocycles. The van der Waals surface area contributed by atoms with Crippen molar-refractivity contribution < 1.29 is 9.90 Å². The number of rotatable bonds is 3. The summed E-state index contributed by atoms with van der Waals surface area (Å²) >= 11 is 3.38. The van der Waals surface area contributed by atoms with Crippen LogP contribution in [0.2, 0.25) is 0 Å². The maximum atomic E-state index is 12.6. The summed E-state index contributed by atoms with van der Waals surface area (Å²) in [6.07, 6.45) is 3.98. The fourth-order valence-electron chi connectivity index (χ4n) is 3.48. The monoisotopic (exact) mass is 430 g/mol. The Balaban J connectivity index is 1.46. The lowest BCUT2D eigenvalue weighted by molar-refractivity contribution is -0.0300. The molecular weight excluding hydrogens is 412 g/mol. The van der Waals surface area contributed by atoms with Crippen molar-refractivity contribution in [2.45, 2.75) is 25.0 Å². The Labute approximate surface area is 164 Å². The fourth-order valence-corrected chi connectivity index (χ4v) is 3.88. The summed E-state index contributed by atoms with van der Waals surface area (Å²) in [5.41, 5.74) is -0.127. The summed E-state index contributed by atoms with van der Waals surface area (Å²) < 4.78 is 3.82. The van der Waals surface area contributed by atoms with Crippen LogP contribution in [0.3, 0.4) is 0 Å². The Morgan fingerprint density at radius 2 is 2.00 bits per heavy atom. The van der Waals surface area contributed by atoms with E-state index in [4.69, 9.17) is 0 Å². The molecule has 1 aliphatic rings. The molecule has 0 spiro atoms. The minimum absolute atomic E-state index is 0.0493. The third-order valence-corrected chi connectivity index (χ3v) is 5.53. The summed E-state index contributed by atoms with van der Waals surface area (Å²) in [7, 11) is 0. The molecular formula is C19H19BrN4O3. The molecule has 27 heavy (non-hydrogen) atoms. The number of aromatic nitrogens is 3. The number of piperidine rings is 1. The molecule has 1 aliphatic heterocycles. The largest absolute Gasteiger partial charge is 0.388 e. The van der Waals surface area contributed by atoms with E-state index in [1.807, 2.05) is 12.1 Å². The number of hydrogen-bond acceptors (Lipinski definition) is 4. The lowest BCUT2D eigenvalue weighted by atomic mass is 9.91. The van der Waals surface area contributed by atoms with E-state index in [1.54, 1.807) is 35.4 Å². The molecule has 0 saturated carbocycles. The molecule has 4 rings (SSSR count). The Bertz CT molecular complexity index is 1050. The molecule has 0 aliphatic carbocycles. The molecule has 3 aromatic rings. The van der Waals surface area contributed by atoms with Crippen LogP contribution in [0.25, 0.3) is 5.52 Å². The third kappa shape index (κ3) is 3.54. The Hall–Kier alpha value is -2.45. The zero-order valence-electron chi connectivity index (χ0n) is 14.6. The highest BCUT2D eigenvalue weighted by Crippen LogP contribution is 2.25. The summed E-state index contributed by atoms with van der Waals surface area (Å²) in [4.78, 5) is 26.9. The van der Waals surface area contributed by atoms with Crippen molar-refractivity contribution in [1.29, 1.82) is 0 Å². The van der Waals surface area contributed by atoms with E-state index in [0.29, 0.717) is 37.0 Å². The molecule has 1 saturated heterocycles. The zero-order valence-corrected chi connectivity index (χ0v) is 16.2. The smallest absolute Gasteiger partial charge is 0.277 e. The van der Waals surface area contributed by atoms with E-state index in [0.717, 1.165) is 4.47 Å². The molecule has 7 nitrogen and oxygen atoms in total. The predicted octanol–water partition coefficient (Wildman–Crippen LogP) is 1.93. The number of aliphatic hydroxyl groups is 1. The topological polar surface area (TPSA) is 79.8 Å². The molecule has 0 atom stereocenters. The van der Waals surface area contributed by atoms with Crippen LogP contribution in [-0.4, -0.2) is 48.8 Å². The summed E-state index contributed by atoms with van der Waals surface area (Å²) in [5.74, 6) is -0.0493. The van der Waals surface area contributed by atoms with E-state index in [2.05, 4.69) is 21.0 Å². The van der Waals surface area contributed by atoms with E-state index in [9.17, 15) is 14.7 Å². The first-order chi connectivity index (χ1) is 13.0. The van der Waals surface area contributed by atoms with Crippen LogP contribution in [0.1, 0.15) is 23.2 Å². The van der Waals surface area contributed by atoms with Crippen molar-refractivity contribution in [1.82, 2.24) is 19.1 Å². The van der Waals surface area contributed by atoms with Gasteiger partial charge in [0, 0.05) is 29.3 Å². The first-order valence-corrected chi connectivity index (χ1v) is 9.55. The molecule has 0 unspecified atom stereocenters. The van der Waals surface area contributed by atoms with Gasteiger partial charge in [0.1, 0.15) is 11.8 Å². The van der Waals surface area contributed by atoms with Gasteiger partial charge in [-0.3, -0.25) is 14.2 Å². The van der Waals surface area contributed by atoms with Crippen LogP contribution in [0.5, 0.6) is 0 Å². The number of fused-ring (bicyclic) bond motifs is 1. The fraction of sp³-hybridized carbons (Fsp3) is 0.316. The number of amides is 1. The Morgan fingerprint density at radius 1 is 1.22 bits per heavy atom. The minimum Gasteiger partial charge on any atom is -0.388 e. The van der Waals surface area contributed by atoms with Gasteiger partial charge < -0.3 is 10.0 Å². The van der Waals surface area contributed by atoms with Crippen LogP contribution in [-0.2, 0) is 6.54 Å². The van der Waals surface area contributed by atoms with Gasteiger partial charge in [-0.2, -0.15) is 5.10 Å². The number of hydrogen-bond donors (Lipinski definition) is 1. The molecule has 1 aromatic carbocycles. The van der Waals surface area contributed by atoms with Crippen LogP contribution >= 0.6 is 15.9 Å². The second-order valence-corrected chi connectivity index (χ2v) is 7.84. The molecule has 0 radical (unpaired) electrons. The first-order valence-electron chi connectivity index (χ1n) is 8.75. The number of benzene rings is 1. The molecule has 8 heteroatoms. The lowest BCUT2D eigenvalue weighted by Crippen LogP contribution is -2.49. The Kier molecular flexibility index (Phi) is 4.61. The maximum Gasteiger partial charge on any atom is 0.277 e. The van der Waals surface area contributed by atoms with Gasteiger partial charge in [0.25, 0.3) is 11.5 Å². The second kappa shape index (κ2) is 6.94. The van der Waals surface area contributed by atoms with Crippen molar-refractivity contribution >= 4 is 27.4 Å². The minimum atomic E-state index is -1.04. The van der Waals surface area contributed by atoms with Crippen molar-refractivity contribution in [2.24, 2.45) is 0 Å². The first kappa shape index (κ1) is 17.9. The standard InChI is InChI=1S/C19H19BrN4O3/c20-15-4-1-3-14(11-15)17(25)22-9-6-19(27,7-10-22)12-23-13-21-24-8-2-5-16(24)18(23)26/h1-5,8,11,13,27H,6-7,9-10,12H2. The van der Waals surface area contributed by atoms with Crippen molar-refractivity contribution in [3.63, 3.8) is 0 Å². The van der Waals surface area contributed by atoms with Gasteiger partial charge in [-0.05, 0) is 43.2 Å². The van der Waals surface area contributed by atoms with Gasteiger partial charge in [0.2, 0.25) is 0 Å². The quantitative estimate of drug-likeness (QED) is 0.688. The van der Waals surface area contributed by atoms with E-state index in [1.165, 1.54) is 15.4 Å². The van der Waals surface area contributed by atoms with Gasteiger partial charge in [0.15, 0.2) is 0 Å². The maximum absolute atomic E-state index is 12.6. The average Bonchev–Trinajstić information content (AvgIpc) is 3.14. The highest BCUT2D eigenvalue weighted by Gasteiger charge is 2.35. The molecule has 1 fully saturated rings. The van der Waals surface area contributed by atoms with Crippen LogP contribution in [0.4, 0.5) is 0 Å². The molecule has 140 valence electrons. The van der Waals surface area contributed by atoms with Gasteiger partial charge in [-0.15, -0.1) is 0 Å². The van der Waals surface area contributed by atoms with Gasteiger partial charge in [-0.1, -0.05) is 22.0 Å². The zero-order chi connectivity index (χ0) is 19.0. The molecule has 0 bridgehead atoms.